The molecule has 0 aliphatic heterocycles. The lowest BCUT2D eigenvalue weighted by atomic mass is 10.1. The molecule has 5 nitrogen and oxygen atoms in total. The SMILES string of the molecule is O=S(=O)(N[C@H](CO)c1ccccc1)c1cc[nH]c1. The van der Waals surface area contributed by atoms with E-state index in [2.05, 4.69) is 9.71 Å². The molecule has 1 heterocycles. The van der Waals surface area contributed by atoms with Crippen molar-refractivity contribution in [1.29, 1.82) is 0 Å². The van der Waals surface area contributed by atoms with Crippen molar-refractivity contribution in [3.63, 3.8) is 0 Å². The van der Waals surface area contributed by atoms with Crippen LogP contribution in [0.2, 0.25) is 0 Å². The summed E-state index contributed by atoms with van der Waals surface area (Å²) in [6.45, 7) is -0.298. The van der Waals surface area contributed by atoms with Gasteiger partial charge < -0.3 is 10.1 Å². The van der Waals surface area contributed by atoms with E-state index in [1.54, 1.807) is 24.3 Å². The van der Waals surface area contributed by atoms with Gasteiger partial charge in [0.25, 0.3) is 0 Å². The average Bonchev–Trinajstić information content (AvgIpc) is 2.92. The number of sulfonamides is 1. The Balaban J connectivity index is 2.22. The summed E-state index contributed by atoms with van der Waals surface area (Å²) in [5, 5.41) is 9.31. The van der Waals surface area contributed by atoms with Gasteiger partial charge in [-0.25, -0.2) is 13.1 Å². The zero-order valence-corrected chi connectivity index (χ0v) is 10.4. The Labute approximate surface area is 106 Å². The highest BCUT2D eigenvalue weighted by atomic mass is 32.2. The summed E-state index contributed by atoms with van der Waals surface area (Å²) in [5.41, 5.74) is 0.721. The minimum Gasteiger partial charge on any atom is -0.394 e. The smallest absolute Gasteiger partial charge is 0.242 e. The van der Waals surface area contributed by atoms with Gasteiger partial charge in [-0.3, -0.25) is 0 Å². The molecule has 18 heavy (non-hydrogen) atoms. The predicted molar refractivity (Wildman–Crippen MR) is 67.4 cm³/mol. The summed E-state index contributed by atoms with van der Waals surface area (Å²) in [6.07, 6.45) is 2.92. The molecule has 0 spiro atoms. The maximum absolute atomic E-state index is 12.0. The van der Waals surface area contributed by atoms with Crippen LogP contribution in [0.15, 0.2) is 53.7 Å². The monoisotopic (exact) mass is 266 g/mol. The van der Waals surface area contributed by atoms with E-state index < -0.39 is 16.1 Å². The predicted octanol–water partition coefficient (Wildman–Crippen LogP) is 1.03. The van der Waals surface area contributed by atoms with E-state index in [1.165, 1.54) is 18.5 Å². The first kappa shape index (κ1) is 12.8. The van der Waals surface area contributed by atoms with Crippen LogP contribution in [-0.2, 0) is 10.0 Å². The molecule has 0 amide bonds. The molecule has 6 heteroatoms. The van der Waals surface area contributed by atoms with Crippen LogP contribution in [-0.4, -0.2) is 25.1 Å². The van der Waals surface area contributed by atoms with Crippen molar-refractivity contribution in [2.45, 2.75) is 10.9 Å². The van der Waals surface area contributed by atoms with Crippen molar-refractivity contribution in [2.24, 2.45) is 0 Å². The number of aromatic amines is 1. The zero-order chi connectivity index (χ0) is 13.0. The van der Waals surface area contributed by atoms with E-state index in [4.69, 9.17) is 0 Å². The Hall–Kier alpha value is -1.63. The molecule has 1 aromatic heterocycles. The molecule has 0 aliphatic rings. The highest BCUT2D eigenvalue weighted by Gasteiger charge is 2.20. The largest absolute Gasteiger partial charge is 0.394 e. The van der Waals surface area contributed by atoms with Crippen LogP contribution in [0.1, 0.15) is 11.6 Å². The number of aliphatic hydroxyl groups is 1. The van der Waals surface area contributed by atoms with Crippen molar-refractivity contribution in [3.05, 3.63) is 54.4 Å². The van der Waals surface area contributed by atoms with Gasteiger partial charge in [0, 0.05) is 12.4 Å². The Morgan fingerprint density at radius 3 is 2.50 bits per heavy atom. The van der Waals surface area contributed by atoms with Gasteiger partial charge >= 0.3 is 0 Å². The van der Waals surface area contributed by atoms with Gasteiger partial charge in [-0.2, -0.15) is 0 Å². The standard InChI is InChI=1S/C12H14N2O3S/c15-9-12(10-4-2-1-3-5-10)14-18(16,17)11-6-7-13-8-11/h1-8,12-15H,9H2/t12-/m1/s1. The molecule has 1 atom stereocenters. The van der Waals surface area contributed by atoms with Crippen LogP contribution in [0.4, 0.5) is 0 Å². The molecule has 0 bridgehead atoms. The number of hydrogen-bond acceptors (Lipinski definition) is 3. The molecule has 0 unspecified atom stereocenters. The number of nitrogens with one attached hydrogen (secondary N) is 2. The van der Waals surface area contributed by atoms with Crippen molar-refractivity contribution < 1.29 is 13.5 Å². The fourth-order valence-corrected chi connectivity index (χ4v) is 2.82. The first-order valence-corrected chi connectivity index (χ1v) is 6.93. The maximum atomic E-state index is 12.0. The normalized spacial score (nSPS) is 13.4. The number of benzene rings is 1. The van der Waals surface area contributed by atoms with Crippen molar-refractivity contribution >= 4 is 10.0 Å². The third-order valence-corrected chi connectivity index (χ3v) is 4.03. The molecular weight excluding hydrogens is 252 g/mol. The Morgan fingerprint density at radius 2 is 1.94 bits per heavy atom. The van der Waals surface area contributed by atoms with Gasteiger partial charge in [0.05, 0.1) is 17.5 Å². The zero-order valence-electron chi connectivity index (χ0n) is 9.58. The topological polar surface area (TPSA) is 82.2 Å². The number of aliphatic hydroxyl groups excluding tert-OH is 1. The van der Waals surface area contributed by atoms with Gasteiger partial charge in [0.1, 0.15) is 0 Å². The molecule has 0 radical (unpaired) electrons. The van der Waals surface area contributed by atoms with Gasteiger partial charge in [-0.15, -0.1) is 0 Å². The summed E-state index contributed by atoms with van der Waals surface area (Å²) in [6, 6.07) is 9.76. The Bertz CT molecular complexity index is 579. The summed E-state index contributed by atoms with van der Waals surface area (Å²) < 4.78 is 26.5. The van der Waals surface area contributed by atoms with Gasteiger partial charge in [0.15, 0.2) is 0 Å². The fourth-order valence-electron chi connectivity index (χ4n) is 1.63. The molecule has 2 rings (SSSR count). The van der Waals surface area contributed by atoms with E-state index in [1.807, 2.05) is 6.07 Å². The molecule has 96 valence electrons. The van der Waals surface area contributed by atoms with E-state index >= 15 is 0 Å². The second-order valence-electron chi connectivity index (χ2n) is 3.81. The summed E-state index contributed by atoms with van der Waals surface area (Å²) in [5.74, 6) is 0. The molecule has 1 aromatic carbocycles. The van der Waals surface area contributed by atoms with Crippen LogP contribution in [0, 0.1) is 0 Å². The third kappa shape index (κ3) is 2.79. The first-order chi connectivity index (χ1) is 8.63. The van der Waals surface area contributed by atoms with Crippen LogP contribution in [0.25, 0.3) is 0 Å². The summed E-state index contributed by atoms with van der Waals surface area (Å²) >= 11 is 0. The Kier molecular flexibility index (Phi) is 3.81. The van der Waals surface area contributed by atoms with Crippen LogP contribution < -0.4 is 4.72 Å². The fraction of sp³-hybridized carbons (Fsp3) is 0.167. The number of H-pyrrole nitrogens is 1. The number of rotatable bonds is 5. The van der Waals surface area contributed by atoms with Crippen molar-refractivity contribution in [1.82, 2.24) is 9.71 Å². The third-order valence-electron chi connectivity index (χ3n) is 2.56. The Morgan fingerprint density at radius 1 is 1.22 bits per heavy atom. The summed E-state index contributed by atoms with van der Waals surface area (Å²) in [7, 11) is -3.62. The quantitative estimate of drug-likeness (QED) is 0.756. The molecule has 0 saturated heterocycles. The molecule has 0 saturated carbocycles. The second kappa shape index (κ2) is 5.34. The number of hydrogen-bond donors (Lipinski definition) is 3. The lowest BCUT2D eigenvalue weighted by Crippen LogP contribution is -2.30. The van der Waals surface area contributed by atoms with Crippen LogP contribution in [0.3, 0.4) is 0 Å². The molecular formula is C12H14N2O3S. The van der Waals surface area contributed by atoms with Crippen LogP contribution in [0.5, 0.6) is 0 Å². The molecule has 3 N–H and O–H groups in total. The van der Waals surface area contributed by atoms with Crippen LogP contribution >= 0.6 is 0 Å². The minimum atomic E-state index is -3.62. The van der Waals surface area contributed by atoms with Gasteiger partial charge in [-0.05, 0) is 11.6 Å². The average molecular weight is 266 g/mol. The lowest BCUT2D eigenvalue weighted by Gasteiger charge is -2.16. The highest BCUT2D eigenvalue weighted by Crippen LogP contribution is 2.16. The first-order valence-electron chi connectivity index (χ1n) is 5.44. The minimum absolute atomic E-state index is 0.150. The molecule has 0 fully saturated rings. The molecule has 2 aromatic rings. The lowest BCUT2D eigenvalue weighted by molar-refractivity contribution is 0.259. The van der Waals surface area contributed by atoms with Gasteiger partial charge in [-0.1, -0.05) is 30.3 Å². The second-order valence-corrected chi connectivity index (χ2v) is 5.53. The summed E-state index contributed by atoms with van der Waals surface area (Å²) in [4.78, 5) is 2.84. The van der Waals surface area contributed by atoms with E-state index in [-0.39, 0.29) is 11.5 Å². The van der Waals surface area contributed by atoms with E-state index in [0.717, 1.165) is 5.56 Å². The highest BCUT2D eigenvalue weighted by molar-refractivity contribution is 7.89. The van der Waals surface area contributed by atoms with Crippen molar-refractivity contribution in [2.75, 3.05) is 6.61 Å². The number of aromatic nitrogens is 1. The molecule has 0 aliphatic carbocycles. The van der Waals surface area contributed by atoms with Gasteiger partial charge in [0.2, 0.25) is 10.0 Å². The van der Waals surface area contributed by atoms with E-state index in [0.29, 0.717) is 0 Å². The van der Waals surface area contributed by atoms with E-state index in [9.17, 15) is 13.5 Å². The maximum Gasteiger partial charge on any atom is 0.242 e. The van der Waals surface area contributed by atoms with Crippen molar-refractivity contribution in [3.8, 4) is 0 Å².